The van der Waals surface area contributed by atoms with E-state index in [1.165, 1.54) is 0 Å². The number of hydrogen-bond acceptors (Lipinski definition) is 10. The van der Waals surface area contributed by atoms with Crippen molar-refractivity contribution < 1.29 is 47.5 Å². The summed E-state index contributed by atoms with van der Waals surface area (Å²) < 4.78 is 42.7. The highest BCUT2D eigenvalue weighted by Crippen LogP contribution is 2.02. The highest BCUT2D eigenvalue weighted by molar-refractivity contribution is 5.75. The van der Waals surface area contributed by atoms with E-state index in [4.69, 9.17) is 37.9 Å². The maximum absolute atomic E-state index is 11.7. The normalized spacial score (nSPS) is 11.1. The Morgan fingerprint density at radius 1 is 0.541 bits per heavy atom. The van der Waals surface area contributed by atoms with Crippen LogP contribution in [0.2, 0.25) is 0 Å². The highest BCUT2D eigenvalue weighted by Gasteiger charge is 2.00. The molecule has 0 heterocycles. The molecule has 0 aromatic heterocycles. The number of hydrogen-bond donors (Lipinski definition) is 2. The van der Waals surface area contributed by atoms with Crippen LogP contribution >= 0.6 is 0 Å². The third kappa shape index (κ3) is 32.6. The Hall–Kier alpha value is -1.38. The maximum atomic E-state index is 11.7. The molecule has 0 saturated heterocycles. The van der Waals surface area contributed by atoms with E-state index >= 15 is 0 Å². The molecule has 0 aromatic carbocycles. The van der Waals surface area contributed by atoms with Gasteiger partial charge in [0.1, 0.15) is 0 Å². The molecule has 2 N–H and O–H groups in total. The average molecular weight is 539 g/mol. The summed E-state index contributed by atoms with van der Waals surface area (Å²) in [5, 5.41) is 5.47. The molecule has 0 saturated carbocycles. The van der Waals surface area contributed by atoms with E-state index in [0.29, 0.717) is 125 Å². The van der Waals surface area contributed by atoms with Crippen LogP contribution in [0.4, 0.5) is 0 Å². The summed E-state index contributed by atoms with van der Waals surface area (Å²) in [6.45, 7) is 8.96. The Labute approximate surface area is 222 Å². The number of unbranched alkanes of at least 4 members (excludes halogenated alkanes) is 3. The molecule has 220 valence electrons. The molecule has 12 heteroatoms. The van der Waals surface area contributed by atoms with Crippen molar-refractivity contribution in [1.29, 1.82) is 0 Å². The number of methoxy groups -OCH3 is 1. The number of amides is 2. The predicted molar refractivity (Wildman–Crippen MR) is 138 cm³/mol. The zero-order chi connectivity index (χ0) is 26.9. The van der Waals surface area contributed by atoms with Gasteiger partial charge in [0.05, 0.1) is 99.1 Å². The van der Waals surface area contributed by atoms with Crippen LogP contribution in [0.5, 0.6) is 0 Å². The van der Waals surface area contributed by atoms with Crippen molar-refractivity contribution in [2.45, 2.75) is 32.1 Å². The highest BCUT2D eigenvalue weighted by atomic mass is 16.6. The lowest BCUT2D eigenvalue weighted by Crippen LogP contribution is -2.27. The summed E-state index contributed by atoms with van der Waals surface area (Å²) in [6, 6.07) is 0. The van der Waals surface area contributed by atoms with Crippen LogP contribution in [0, 0.1) is 0 Å². The molecule has 0 aliphatic carbocycles. The Morgan fingerprint density at radius 2 is 0.946 bits per heavy atom. The summed E-state index contributed by atoms with van der Waals surface area (Å²) in [6.07, 6.45) is 5.02. The molecule has 12 nitrogen and oxygen atoms in total. The van der Waals surface area contributed by atoms with Crippen molar-refractivity contribution in [3.05, 3.63) is 0 Å². The van der Waals surface area contributed by atoms with Gasteiger partial charge in [0, 0.05) is 26.6 Å². The molecule has 0 fully saturated rings. The predicted octanol–water partition coefficient (Wildman–Crippen LogP) is 0.562. The third-order valence-electron chi connectivity index (χ3n) is 4.79. The molecule has 0 rings (SSSR count). The number of rotatable bonds is 32. The average Bonchev–Trinajstić information content (AvgIpc) is 2.90. The molecular weight excluding hydrogens is 488 g/mol. The first-order valence-electron chi connectivity index (χ1n) is 13.3. The van der Waals surface area contributed by atoms with E-state index in [0.717, 1.165) is 25.7 Å². The fourth-order valence-electron chi connectivity index (χ4n) is 2.84. The third-order valence-corrected chi connectivity index (χ3v) is 4.79. The molecule has 0 aliphatic rings. The monoisotopic (exact) mass is 538 g/mol. The largest absolute Gasteiger partial charge is 0.382 e. The zero-order valence-corrected chi connectivity index (χ0v) is 22.7. The van der Waals surface area contributed by atoms with Crippen LogP contribution in [0.3, 0.4) is 0 Å². The van der Waals surface area contributed by atoms with E-state index in [9.17, 15) is 9.59 Å². The zero-order valence-electron chi connectivity index (χ0n) is 22.7. The topological polar surface area (TPSA) is 132 Å². The first-order chi connectivity index (χ1) is 18.3. The van der Waals surface area contributed by atoms with Gasteiger partial charge in [0.2, 0.25) is 12.3 Å². The van der Waals surface area contributed by atoms with E-state index in [1.54, 1.807) is 7.11 Å². The minimum absolute atomic E-state index is 0.0423. The van der Waals surface area contributed by atoms with Crippen molar-refractivity contribution in [3.63, 3.8) is 0 Å². The molecule has 0 unspecified atom stereocenters. The Kier molecular flexibility index (Phi) is 31.4. The van der Waals surface area contributed by atoms with Crippen LogP contribution < -0.4 is 10.6 Å². The van der Waals surface area contributed by atoms with Gasteiger partial charge >= 0.3 is 0 Å². The quantitative estimate of drug-likeness (QED) is 0.0925. The molecule has 0 spiro atoms. The molecule has 0 radical (unpaired) electrons. The lowest BCUT2D eigenvalue weighted by Gasteiger charge is -2.09. The number of carbonyl (C=O) groups excluding carboxylic acids is 2. The summed E-state index contributed by atoms with van der Waals surface area (Å²) in [4.78, 5) is 21.8. The fourth-order valence-corrected chi connectivity index (χ4v) is 2.84. The Morgan fingerprint density at radius 3 is 1.38 bits per heavy atom. The van der Waals surface area contributed by atoms with Crippen molar-refractivity contribution in [2.24, 2.45) is 0 Å². The molecule has 37 heavy (non-hydrogen) atoms. The number of carbonyl (C=O) groups is 2. The number of ether oxygens (including phenoxy) is 8. The maximum Gasteiger partial charge on any atom is 0.220 e. The van der Waals surface area contributed by atoms with Gasteiger partial charge in [-0.05, 0) is 12.8 Å². The Bertz CT molecular complexity index is 475. The van der Waals surface area contributed by atoms with E-state index in [-0.39, 0.29) is 5.91 Å². The van der Waals surface area contributed by atoms with Crippen LogP contribution in [-0.2, 0) is 47.5 Å². The van der Waals surface area contributed by atoms with Crippen molar-refractivity contribution in [3.8, 4) is 0 Å². The second-order valence-electron chi connectivity index (χ2n) is 7.87. The minimum Gasteiger partial charge on any atom is -0.382 e. The summed E-state index contributed by atoms with van der Waals surface area (Å²) >= 11 is 0. The molecular formula is C25H50N2O10. The summed E-state index contributed by atoms with van der Waals surface area (Å²) in [5.41, 5.74) is 0. The standard InChI is InChI=1S/C25H50N2O10/c1-30-10-11-32-14-15-34-18-19-36-22-23-37-21-20-35-17-16-33-13-12-31-9-8-27-25(29)6-4-2-3-5-7-26-24-28/h24H,2-23H2,1H3,(H,26,28)(H,27,29). The lowest BCUT2D eigenvalue weighted by molar-refractivity contribution is -0.121. The van der Waals surface area contributed by atoms with Gasteiger partial charge in [-0.25, -0.2) is 0 Å². The van der Waals surface area contributed by atoms with Gasteiger partial charge in [-0.3, -0.25) is 9.59 Å². The summed E-state index contributed by atoms with van der Waals surface area (Å²) in [7, 11) is 1.64. The SMILES string of the molecule is COCCOCCOCCOCCOCCOCCOCCOCCNC(=O)CCCCCCNC=O. The van der Waals surface area contributed by atoms with E-state index in [1.807, 2.05) is 0 Å². The van der Waals surface area contributed by atoms with Crippen LogP contribution in [0.25, 0.3) is 0 Å². The molecule has 0 aromatic rings. The number of nitrogens with one attached hydrogen (secondary N) is 2. The smallest absolute Gasteiger partial charge is 0.220 e. The van der Waals surface area contributed by atoms with Crippen LogP contribution in [0.15, 0.2) is 0 Å². The van der Waals surface area contributed by atoms with Crippen molar-refractivity contribution in [1.82, 2.24) is 10.6 Å². The van der Waals surface area contributed by atoms with Gasteiger partial charge in [-0.15, -0.1) is 0 Å². The fraction of sp³-hybridized carbons (Fsp3) is 0.920. The molecule has 2 amide bonds. The van der Waals surface area contributed by atoms with Crippen molar-refractivity contribution >= 4 is 12.3 Å². The molecule has 0 atom stereocenters. The Balaban J connectivity index is 3.10. The minimum atomic E-state index is 0.0423. The van der Waals surface area contributed by atoms with Gasteiger partial charge in [-0.1, -0.05) is 12.8 Å². The van der Waals surface area contributed by atoms with Gasteiger partial charge < -0.3 is 48.5 Å². The van der Waals surface area contributed by atoms with Crippen LogP contribution in [-0.4, -0.2) is 132 Å². The van der Waals surface area contributed by atoms with Gasteiger partial charge in [0.25, 0.3) is 0 Å². The van der Waals surface area contributed by atoms with E-state index in [2.05, 4.69) is 10.6 Å². The van der Waals surface area contributed by atoms with Gasteiger partial charge in [-0.2, -0.15) is 0 Å². The second-order valence-corrected chi connectivity index (χ2v) is 7.87. The second kappa shape index (κ2) is 32.6. The first-order valence-corrected chi connectivity index (χ1v) is 13.3. The van der Waals surface area contributed by atoms with Crippen molar-refractivity contribution in [2.75, 3.05) is 119 Å². The first kappa shape index (κ1) is 35.6. The molecule has 0 bridgehead atoms. The summed E-state index contributed by atoms with van der Waals surface area (Å²) in [5.74, 6) is 0.0423. The molecule has 0 aliphatic heterocycles. The van der Waals surface area contributed by atoms with Gasteiger partial charge in [0.15, 0.2) is 0 Å². The lowest BCUT2D eigenvalue weighted by atomic mass is 10.1. The van der Waals surface area contributed by atoms with E-state index < -0.39 is 0 Å². The van der Waals surface area contributed by atoms with Crippen LogP contribution in [0.1, 0.15) is 32.1 Å².